The zero-order valence-corrected chi connectivity index (χ0v) is 22.9. The average molecular weight is 501 g/mol. The second kappa shape index (κ2) is 10.4. The zero-order chi connectivity index (χ0) is 26.1. The molecule has 1 aliphatic carbocycles. The molecule has 0 radical (unpaired) electrons. The fraction of sp³-hybridized carbons (Fsp3) is 0.778. The third kappa shape index (κ3) is 6.21. The summed E-state index contributed by atoms with van der Waals surface area (Å²) in [5.41, 5.74) is 1.96. The first-order chi connectivity index (χ1) is 17.0. The van der Waals surface area contributed by atoms with E-state index in [1.165, 1.54) is 5.56 Å². The number of nitrogens with one attached hydrogen (secondary N) is 2. The van der Waals surface area contributed by atoms with E-state index in [1.807, 2.05) is 25.7 Å². The number of fused-ring (bicyclic) bond motifs is 1. The smallest absolute Gasteiger partial charge is 0.410 e. The first kappa shape index (κ1) is 26.5. The molecule has 2 aliphatic heterocycles. The Morgan fingerprint density at radius 2 is 1.83 bits per heavy atom. The summed E-state index contributed by atoms with van der Waals surface area (Å²) >= 11 is 0. The number of hydrogen-bond donors (Lipinski definition) is 2. The predicted molar refractivity (Wildman–Crippen MR) is 141 cm³/mol. The summed E-state index contributed by atoms with van der Waals surface area (Å²) in [6.45, 7) is 13.2. The van der Waals surface area contributed by atoms with Gasteiger partial charge in [0.1, 0.15) is 11.4 Å². The Hall–Kier alpha value is -2.58. The van der Waals surface area contributed by atoms with Crippen LogP contribution in [0.4, 0.5) is 16.6 Å². The molecule has 36 heavy (non-hydrogen) atoms. The number of hydrogen-bond acceptors (Lipinski definition) is 7. The van der Waals surface area contributed by atoms with Crippen LogP contribution in [0.1, 0.15) is 78.0 Å². The SMILES string of the molecule is CNC(=O)C[C@H](CC(C)C)Nc1nc(N2CCC3(CN(C(=O)OC(C)(C)C)C3)C2)nc2c1CCCC2. The van der Waals surface area contributed by atoms with E-state index in [2.05, 4.69) is 29.4 Å². The van der Waals surface area contributed by atoms with Crippen molar-refractivity contribution in [3.63, 3.8) is 0 Å². The van der Waals surface area contributed by atoms with Crippen LogP contribution in [0.15, 0.2) is 0 Å². The molecule has 1 atom stereocenters. The van der Waals surface area contributed by atoms with Gasteiger partial charge < -0.3 is 25.2 Å². The van der Waals surface area contributed by atoms with Gasteiger partial charge in [-0.25, -0.2) is 9.78 Å². The summed E-state index contributed by atoms with van der Waals surface area (Å²) in [6.07, 6.45) is 6.34. The highest BCUT2D eigenvalue weighted by atomic mass is 16.6. The number of nitrogens with zero attached hydrogens (tertiary/aromatic N) is 4. The van der Waals surface area contributed by atoms with Crippen molar-refractivity contribution in [2.45, 2.75) is 91.2 Å². The highest BCUT2D eigenvalue weighted by Gasteiger charge is 2.51. The van der Waals surface area contributed by atoms with E-state index in [1.54, 1.807) is 7.05 Å². The largest absolute Gasteiger partial charge is 0.444 e. The highest BCUT2D eigenvalue weighted by Crippen LogP contribution is 2.41. The van der Waals surface area contributed by atoms with Crippen LogP contribution in [0, 0.1) is 11.3 Å². The van der Waals surface area contributed by atoms with Gasteiger partial charge >= 0.3 is 6.09 Å². The van der Waals surface area contributed by atoms with Crippen LogP contribution < -0.4 is 15.5 Å². The molecule has 4 rings (SSSR count). The molecule has 2 fully saturated rings. The molecule has 3 aliphatic rings. The van der Waals surface area contributed by atoms with E-state index >= 15 is 0 Å². The molecule has 0 aromatic carbocycles. The Balaban J connectivity index is 1.49. The quantitative estimate of drug-likeness (QED) is 0.588. The normalized spacial score (nSPS) is 19.6. The molecule has 9 nitrogen and oxygen atoms in total. The number of carbonyl (C=O) groups is 2. The van der Waals surface area contributed by atoms with Crippen LogP contribution in [-0.4, -0.2) is 71.7 Å². The van der Waals surface area contributed by atoms with Gasteiger partial charge in [-0.15, -0.1) is 0 Å². The van der Waals surface area contributed by atoms with Gasteiger partial charge in [0.25, 0.3) is 0 Å². The number of ether oxygens (including phenoxy) is 1. The summed E-state index contributed by atoms with van der Waals surface area (Å²) in [6, 6.07) is 0.0256. The van der Waals surface area contributed by atoms with Gasteiger partial charge in [-0.05, 0) is 65.2 Å². The molecule has 9 heteroatoms. The van der Waals surface area contributed by atoms with E-state index in [4.69, 9.17) is 14.7 Å². The maximum atomic E-state index is 12.4. The number of amides is 2. The summed E-state index contributed by atoms with van der Waals surface area (Å²) in [7, 11) is 1.69. The number of carbonyl (C=O) groups excluding carboxylic acids is 2. The van der Waals surface area contributed by atoms with Gasteiger partial charge in [-0.2, -0.15) is 4.98 Å². The Morgan fingerprint density at radius 1 is 1.11 bits per heavy atom. The summed E-state index contributed by atoms with van der Waals surface area (Å²) in [5, 5.41) is 6.41. The molecule has 2 saturated heterocycles. The monoisotopic (exact) mass is 500 g/mol. The predicted octanol–water partition coefficient (Wildman–Crippen LogP) is 3.77. The van der Waals surface area contributed by atoms with Gasteiger partial charge in [0.15, 0.2) is 0 Å². The van der Waals surface area contributed by atoms with Crippen LogP contribution >= 0.6 is 0 Å². The van der Waals surface area contributed by atoms with Gasteiger partial charge in [0.05, 0.1) is 5.69 Å². The topological polar surface area (TPSA) is 99.7 Å². The Bertz CT molecular complexity index is 967. The molecular formula is C27H44N6O3. The minimum Gasteiger partial charge on any atom is -0.444 e. The number of rotatable bonds is 7. The Morgan fingerprint density at radius 3 is 2.50 bits per heavy atom. The molecule has 2 amide bonds. The van der Waals surface area contributed by atoms with E-state index in [0.29, 0.717) is 12.3 Å². The first-order valence-electron chi connectivity index (χ1n) is 13.6. The number of likely N-dealkylation sites (tertiary alicyclic amines) is 1. The summed E-state index contributed by atoms with van der Waals surface area (Å²) in [5.74, 6) is 2.18. The minimum absolute atomic E-state index is 0.0256. The van der Waals surface area contributed by atoms with Crippen LogP contribution in [0.5, 0.6) is 0 Å². The lowest BCUT2D eigenvalue weighted by atomic mass is 9.79. The fourth-order valence-electron chi connectivity index (χ4n) is 5.71. The zero-order valence-electron chi connectivity index (χ0n) is 22.9. The van der Waals surface area contributed by atoms with Crippen molar-refractivity contribution in [3.05, 3.63) is 11.3 Å². The van der Waals surface area contributed by atoms with Crippen LogP contribution in [-0.2, 0) is 22.4 Å². The Labute approximate surface area is 215 Å². The molecular weight excluding hydrogens is 456 g/mol. The highest BCUT2D eigenvalue weighted by molar-refractivity contribution is 5.76. The lowest BCUT2D eigenvalue weighted by Gasteiger charge is -2.47. The second-order valence-corrected chi connectivity index (χ2v) is 12.4. The van der Waals surface area contributed by atoms with Crippen molar-refractivity contribution < 1.29 is 14.3 Å². The van der Waals surface area contributed by atoms with Crippen molar-refractivity contribution >= 4 is 23.8 Å². The maximum Gasteiger partial charge on any atom is 0.410 e. The lowest BCUT2D eigenvalue weighted by molar-refractivity contribution is -0.120. The van der Waals surface area contributed by atoms with Crippen LogP contribution in [0.3, 0.4) is 0 Å². The number of aromatic nitrogens is 2. The van der Waals surface area contributed by atoms with Gasteiger partial charge in [0, 0.05) is 56.7 Å². The van der Waals surface area contributed by atoms with Crippen molar-refractivity contribution in [1.82, 2.24) is 20.2 Å². The lowest BCUT2D eigenvalue weighted by Crippen LogP contribution is -2.60. The van der Waals surface area contributed by atoms with Gasteiger partial charge in [-0.1, -0.05) is 13.8 Å². The van der Waals surface area contributed by atoms with E-state index < -0.39 is 5.60 Å². The average Bonchev–Trinajstić information content (AvgIpc) is 3.22. The summed E-state index contributed by atoms with van der Waals surface area (Å²) in [4.78, 5) is 38.8. The van der Waals surface area contributed by atoms with E-state index in [9.17, 15) is 9.59 Å². The first-order valence-corrected chi connectivity index (χ1v) is 13.6. The number of anilines is 2. The maximum absolute atomic E-state index is 12.4. The molecule has 200 valence electrons. The minimum atomic E-state index is -0.479. The standard InChI is InChI=1S/C27H44N6O3/c1-18(2)13-19(14-22(34)28-6)29-23-20-9-7-8-10-21(20)30-24(31-23)32-12-11-27(15-32)16-33(17-27)25(35)36-26(3,4)5/h18-19H,7-17H2,1-6H3,(H,28,34)(H,29,30,31)/t19-/m0/s1. The van der Waals surface area contributed by atoms with E-state index in [-0.39, 0.29) is 23.5 Å². The van der Waals surface area contributed by atoms with Gasteiger partial charge in [-0.3, -0.25) is 4.79 Å². The molecule has 1 spiro atoms. The third-order valence-electron chi connectivity index (χ3n) is 7.40. The number of aryl methyl sites for hydroxylation is 1. The molecule has 0 bridgehead atoms. The van der Waals surface area contributed by atoms with Gasteiger partial charge in [0.2, 0.25) is 11.9 Å². The molecule has 0 unspecified atom stereocenters. The molecule has 2 N–H and O–H groups in total. The molecule has 1 aromatic heterocycles. The van der Waals surface area contributed by atoms with Crippen molar-refractivity contribution in [2.75, 3.05) is 43.4 Å². The fourth-order valence-corrected chi connectivity index (χ4v) is 5.71. The molecule has 0 saturated carbocycles. The van der Waals surface area contributed by atoms with Crippen LogP contribution in [0.25, 0.3) is 0 Å². The Kier molecular flexibility index (Phi) is 7.67. The summed E-state index contributed by atoms with van der Waals surface area (Å²) < 4.78 is 5.55. The van der Waals surface area contributed by atoms with Crippen molar-refractivity contribution in [2.24, 2.45) is 11.3 Å². The third-order valence-corrected chi connectivity index (χ3v) is 7.40. The second-order valence-electron chi connectivity index (χ2n) is 12.4. The molecule has 3 heterocycles. The van der Waals surface area contributed by atoms with E-state index in [0.717, 1.165) is 82.2 Å². The molecule has 1 aromatic rings. The van der Waals surface area contributed by atoms with Crippen molar-refractivity contribution in [3.8, 4) is 0 Å². The van der Waals surface area contributed by atoms with Crippen molar-refractivity contribution in [1.29, 1.82) is 0 Å². The van der Waals surface area contributed by atoms with Crippen LogP contribution in [0.2, 0.25) is 0 Å².